The molecule has 0 aliphatic rings. The first-order valence-electron chi connectivity index (χ1n) is 8.45. The van der Waals surface area contributed by atoms with Crippen molar-refractivity contribution >= 4 is 0 Å². The smallest absolute Gasteiger partial charge is 0.146 e. The minimum atomic E-state index is -0.911. The SMILES string of the molecule is CCOCOC[C@H](O)[C@@H](c1ccccc1)c1c(O)cc(OC)cc1OC. The van der Waals surface area contributed by atoms with Gasteiger partial charge < -0.3 is 29.2 Å². The number of hydrogen-bond donors (Lipinski definition) is 2. The summed E-state index contributed by atoms with van der Waals surface area (Å²) in [5.41, 5.74) is 1.31. The van der Waals surface area contributed by atoms with Crippen LogP contribution in [0.15, 0.2) is 42.5 Å². The van der Waals surface area contributed by atoms with Crippen LogP contribution < -0.4 is 9.47 Å². The highest BCUT2D eigenvalue weighted by atomic mass is 16.7. The van der Waals surface area contributed by atoms with Crippen molar-refractivity contribution in [2.75, 3.05) is 34.2 Å². The second kappa shape index (κ2) is 10.0. The highest BCUT2D eigenvalue weighted by Gasteiger charge is 2.29. The Kier molecular flexibility index (Phi) is 7.72. The van der Waals surface area contributed by atoms with Crippen molar-refractivity contribution in [3.8, 4) is 17.2 Å². The summed E-state index contributed by atoms with van der Waals surface area (Å²) >= 11 is 0. The van der Waals surface area contributed by atoms with Gasteiger partial charge in [0.25, 0.3) is 0 Å². The Labute approximate surface area is 153 Å². The zero-order valence-electron chi connectivity index (χ0n) is 15.3. The average Bonchev–Trinajstić information content (AvgIpc) is 2.67. The minimum absolute atomic E-state index is 0.0149. The van der Waals surface area contributed by atoms with E-state index in [9.17, 15) is 10.2 Å². The standard InChI is InChI=1S/C20H26O6/c1-4-25-13-26-12-17(22)19(14-8-6-5-7-9-14)20-16(21)10-15(23-2)11-18(20)24-3/h5-11,17,19,21-22H,4,12-13H2,1-3H3/t17-,19+/m0/s1. The van der Waals surface area contributed by atoms with Gasteiger partial charge in [0.1, 0.15) is 24.0 Å². The molecule has 2 aromatic rings. The fourth-order valence-corrected chi connectivity index (χ4v) is 2.84. The number of methoxy groups -OCH3 is 2. The van der Waals surface area contributed by atoms with Gasteiger partial charge >= 0.3 is 0 Å². The molecule has 26 heavy (non-hydrogen) atoms. The summed E-state index contributed by atoms with van der Waals surface area (Å²) in [6.07, 6.45) is -0.911. The number of phenolic OH excluding ortho intramolecular Hbond substituents is 1. The molecule has 0 bridgehead atoms. The molecular formula is C20H26O6. The van der Waals surface area contributed by atoms with Gasteiger partial charge in [0.05, 0.1) is 26.9 Å². The van der Waals surface area contributed by atoms with E-state index in [1.165, 1.54) is 20.3 Å². The fraction of sp³-hybridized carbons (Fsp3) is 0.400. The lowest BCUT2D eigenvalue weighted by Crippen LogP contribution is -2.26. The van der Waals surface area contributed by atoms with Crippen molar-refractivity contribution in [1.82, 2.24) is 0 Å². The van der Waals surface area contributed by atoms with Crippen molar-refractivity contribution < 1.29 is 29.2 Å². The Balaban J connectivity index is 2.41. The molecule has 0 aliphatic carbocycles. The lowest BCUT2D eigenvalue weighted by atomic mass is 9.85. The number of aromatic hydroxyl groups is 1. The first-order chi connectivity index (χ1) is 12.6. The Bertz CT molecular complexity index is 674. The number of rotatable bonds is 10. The van der Waals surface area contributed by atoms with E-state index in [0.717, 1.165) is 5.56 Å². The van der Waals surface area contributed by atoms with E-state index in [0.29, 0.717) is 23.7 Å². The number of aliphatic hydroxyl groups is 1. The highest BCUT2D eigenvalue weighted by Crippen LogP contribution is 2.42. The van der Waals surface area contributed by atoms with Gasteiger partial charge in [-0.15, -0.1) is 0 Å². The van der Waals surface area contributed by atoms with Gasteiger partial charge in [-0.3, -0.25) is 0 Å². The predicted molar refractivity (Wildman–Crippen MR) is 97.9 cm³/mol. The molecule has 6 nitrogen and oxygen atoms in total. The fourth-order valence-electron chi connectivity index (χ4n) is 2.84. The van der Waals surface area contributed by atoms with Crippen LogP contribution in [0.25, 0.3) is 0 Å². The lowest BCUT2D eigenvalue weighted by molar-refractivity contribution is -0.0777. The van der Waals surface area contributed by atoms with Gasteiger partial charge in [-0.1, -0.05) is 30.3 Å². The highest BCUT2D eigenvalue weighted by molar-refractivity contribution is 5.55. The van der Waals surface area contributed by atoms with E-state index in [1.807, 2.05) is 37.3 Å². The van der Waals surface area contributed by atoms with E-state index < -0.39 is 12.0 Å². The summed E-state index contributed by atoms with van der Waals surface area (Å²) < 4.78 is 21.2. The number of benzene rings is 2. The normalized spacial score (nSPS) is 13.2. The van der Waals surface area contributed by atoms with E-state index in [2.05, 4.69) is 0 Å². The van der Waals surface area contributed by atoms with Crippen LogP contribution in [0.5, 0.6) is 17.2 Å². The van der Waals surface area contributed by atoms with Crippen LogP contribution in [0.2, 0.25) is 0 Å². The molecule has 0 saturated carbocycles. The van der Waals surface area contributed by atoms with Crippen LogP contribution in [-0.4, -0.2) is 50.5 Å². The van der Waals surface area contributed by atoms with E-state index in [1.54, 1.807) is 6.07 Å². The molecule has 2 rings (SSSR count). The Morgan fingerprint density at radius 1 is 1.00 bits per heavy atom. The Morgan fingerprint density at radius 3 is 2.35 bits per heavy atom. The van der Waals surface area contributed by atoms with Gasteiger partial charge in [0, 0.05) is 30.2 Å². The zero-order valence-corrected chi connectivity index (χ0v) is 15.3. The van der Waals surface area contributed by atoms with Crippen molar-refractivity contribution in [2.45, 2.75) is 18.9 Å². The third-order valence-electron chi connectivity index (χ3n) is 4.06. The molecular weight excluding hydrogens is 336 g/mol. The Morgan fingerprint density at radius 2 is 1.73 bits per heavy atom. The number of phenols is 1. The molecule has 2 atom stereocenters. The first-order valence-corrected chi connectivity index (χ1v) is 8.45. The molecule has 0 aromatic heterocycles. The molecule has 6 heteroatoms. The second-order valence-electron chi connectivity index (χ2n) is 5.70. The first kappa shape index (κ1) is 20.0. The molecule has 2 N–H and O–H groups in total. The van der Waals surface area contributed by atoms with Gasteiger partial charge in [-0.05, 0) is 12.5 Å². The molecule has 0 spiro atoms. The number of hydrogen-bond acceptors (Lipinski definition) is 6. The van der Waals surface area contributed by atoms with Crippen LogP contribution in [0.3, 0.4) is 0 Å². The number of ether oxygens (including phenoxy) is 4. The average molecular weight is 362 g/mol. The van der Waals surface area contributed by atoms with Gasteiger partial charge in [0.15, 0.2) is 0 Å². The largest absolute Gasteiger partial charge is 0.507 e. The summed E-state index contributed by atoms with van der Waals surface area (Å²) in [7, 11) is 3.02. The molecule has 0 radical (unpaired) electrons. The zero-order chi connectivity index (χ0) is 18.9. The molecule has 2 aromatic carbocycles. The van der Waals surface area contributed by atoms with Crippen molar-refractivity contribution in [3.63, 3.8) is 0 Å². The molecule has 0 heterocycles. The molecule has 0 amide bonds. The monoisotopic (exact) mass is 362 g/mol. The molecule has 0 saturated heterocycles. The molecule has 142 valence electrons. The maximum atomic E-state index is 10.8. The van der Waals surface area contributed by atoms with Crippen LogP contribution in [0.4, 0.5) is 0 Å². The summed E-state index contributed by atoms with van der Waals surface area (Å²) in [5.74, 6) is 0.342. The third kappa shape index (κ3) is 4.88. The number of aliphatic hydroxyl groups excluding tert-OH is 1. The maximum absolute atomic E-state index is 10.8. The second-order valence-corrected chi connectivity index (χ2v) is 5.70. The maximum Gasteiger partial charge on any atom is 0.146 e. The van der Waals surface area contributed by atoms with Crippen molar-refractivity contribution in [1.29, 1.82) is 0 Å². The van der Waals surface area contributed by atoms with Crippen LogP contribution >= 0.6 is 0 Å². The predicted octanol–water partition coefficient (Wildman–Crippen LogP) is 2.91. The summed E-state index contributed by atoms with van der Waals surface area (Å²) in [4.78, 5) is 0. The summed E-state index contributed by atoms with van der Waals surface area (Å²) in [6.45, 7) is 2.55. The Hall–Kier alpha value is -2.28. The van der Waals surface area contributed by atoms with Crippen molar-refractivity contribution in [3.05, 3.63) is 53.6 Å². The third-order valence-corrected chi connectivity index (χ3v) is 4.06. The van der Waals surface area contributed by atoms with E-state index >= 15 is 0 Å². The quantitative estimate of drug-likeness (QED) is 0.500. The molecule has 0 aliphatic heterocycles. The lowest BCUT2D eigenvalue weighted by Gasteiger charge is -2.26. The van der Waals surface area contributed by atoms with E-state index in [-0.39, 0.29) is 19.1 Å². The van der Waals surface area contributed by atoms with Gasteiger partial charge in [-0.2, -0.15) is 0 Å². The van der Waals surface area contributed by atoms with E-state index in [4.69, 9.17) is 18.9 Å². The molecule has 0 unspecified atom stereocenters. The van der Waals surface area contributed by atoms with Gasteiger partial charge in [-0.25, -0.2) is 0 Å². The minimum Gasteiger partial charge on any atom is -0.507 e. The van der Waals surface area contributed by atoms with Crippen LogP contribution in [0.1, 0.15) is 24.0 Å². The summed E-state index contributed by atoms with van der Waals surface area (Å²) in [5, 5.41) is 21.4. The van der Waals surface area contributed by atoms with Crippen LogP contribution in [-0.2, 0) is 9.47 Å². The molecule has 0 fully saturated rings. The van der Waals surface area contributed by atoms with Crippen LogP contribution in [0, 0.1) is 0 Å². The topological polar surface area (TPSA) is 77.4 Å². The summed E-state index contributed by atoms with van der Waals surface area (Å²) in [6, 6.07) is 12.6. The van der Waals surface area contributed by atoms with Crippen molar-refractivity contribution in [2.24, 2.45) is 0 Å². The van der Waals surface area contributed by atoms with Gasteiger partial charge in [0.2, 0.25) is 0 Å².